The van der Waals surface area contributed by atoms with E-state index >= 15 is 0 Å². The number of benzene rings is 1. The Balaban J connectivity index is 1.37. The van der Waals surface area contributed by atoms with Gasteiger partial charge in [-0.2, -0.15) is 5.10 Å². The Bertz CT molecular complexity index is 1340. The smallest absolute Gasteiger partial charge is 0.276 e. The first-order valence-electron chi connectivity index (χ1n) is 11.1. The summed E-state index contributed by atoms with van der Waals surface area (Å²) in [6.45, 7) is 3.17. The van der Waals surface area contributed by atoms with Gasteiger partial charge in [-0.15, -0.1) is 0 Å². The van der Waals surface area contributed by atoms with E-state index in [-0.39, 0.29) is 18.7 Å². The first-order chi connectivity index (χ1) is 16.4. The molecule has 3 aromatic heterocycles. The fourth-order valence-electron chi connectivity index (χ4n) is 4.21. The second kappa shape index (κ2) is 8.90. The molecular weight excluding hydrogens is 438 g/mol. The Labute approximate surface area is 195 Å². The van der Waals surface area contributed by atoms with Gasteiger partial charge in [-0.25, -0.2) is 8.78 Å². The number of pyridine rings is 2. The topological polar surface area (TPSA) is 86.8 Å². The van der Waals surface area contributed by atoms with E-state index in [4.69, 9.17) is 0 Å². The van der Waals surface area contributed by atoms with Crippen LogP contribution in [0.3, 0.4) is 0 Å². The van der Waals surface area contributed by atoms with Crippen molar-refractivity contribution >= 4 is 22.5 Å². The predicted octanol–water partition coefficient (Wildman–Crippen LogP) is 4.81. The summed E-state index contributed by atoms with van der Waals surface area (Å²) in [5, 5.41) is 10.7. The van der Waals surface area contributed by atoms with Gasteiger partial charge in [0.2, 0.25) is 0 Å². The molecule has 2 N–H and O–H groups in total. The zero-order valence-corrected chi connectivity index (χ0v) is 18.7. The molecule has 1 amide bonds. The molecule has 0 spiro atoms. The number of alkyl halides is 2. The van der Waals surface area contributed by atoms with Crippen LogP contribution in [0, 0.1) is 6.92 Å². The number of carbonyl (C=O) groups is 1. The molecule has 7 nitrogen and oxygen atoms in total. The molecule has 4 heterocycles. The van der Waals surface area contributed by atoms with Crippen LogP contribution in [-0.2, 0) is 6.54 Å². The summed E-state index contributed by atoms with van der Waals surface area (Å²) < 4.78 is 26.9. The van der Waals surface area contributed by atoms with Gasteiger partial charge in [0, 0.05) is 73.4 Å². The molecule has 5 rings (SSSR count). The number of aromatic nitrogens is 4. The molecule has 0 saturated carbocycles. The van der Waals surface area contributed by atoms with Gasteiger partial charge >= 0.3 is 0 Å². The average Bonchev–Trinajstić information content (AvgIpc) is 3.24. The van der Waals surface area contributed by atoms with Gasteiger partial charge in [-0.05, 0) is 48.4 Å². The van der Waals surface area contributed by atoms with Crippen molar-refractivity contribution in [3.63, 3.8) is 0 Å². The minimum Gasteiger partial charge on any atom is -0.320 e. The maximum Gasteiger partial charge on any atom is 0.276 e. The van der Waals surface area contributed by atoms with Crippen LogP contribution >= 0.6 is 0 Å². The van der Waals surface area contributed by atoms with Gasteiger partial charge in [-0.3, -0.25) is 24.8 Å². The maximum absolute atomic E-state index is 13.5. The highest BCUT2D eigenvalue weighted by atomic mass is 19.3. The first kappa shape index (κ1) is 22.1. The highest BCUT2D eigenvalue weighted by Crippen LogP contribution is 2.29. The number of nitrogens with zero attached hydrogens (tertiary/aromatic N) is 4. The standard InChI is InChI=1S/C25H24F2N6O/c1-16-10-20(4-7-29-16)30-24(34)23-21-12-18(2-3-22(21)31-32-23)19-11-17(13-28-14-19)15-33-8-5-25(26,27)6-9-33/h2-4,7,10-14H,5-6,8-9,15H2,1H3,(H,31,32)(H,29,30,34). The number of aryl methyl sites for hydroxylation is 1. The lowest BCUT2D eigenvalue weighted by Gasteiger charge is -2.31. The summed E-state index contributed by atoms with van der Waals surface area (Å²) in [5.74, 6) is -2.88. The van der Waals surface area contributed by atoms with E-state index in [2.05, 4.69) is 25.5 Å². The van der Waals surface area contributed by atoms with Crippen LogP contribution in [0.15, 0.2) is 55.0 Å². The average molecular weight is 463 g/mol. The van der Waals surface area contributed by atoms with E-state index in [0.717, 1.165) is 27.9 Å². The van der Waals surface area contributed by atoms with Gasteiger partial charge in [0.15, 0.2) is 5.69 Å². The van der Waals surface area contributed by atoms with E-state index in [1.807, 2.05) is 36.1 Å². The van der Waals surface area contributed by atoms with Crippen LogP contribution in [0.4, 0.5) is 14.5 Å². The number of halogens is 2. The van der Waals surface area contributed by atoms with Crippen LogP contribution in [0.1, 0.15) is 34.6 Å². The van der Waals surface area contributed by atoms with Gasteiger partial charge in [-0.1, -0.05) is 6.07 Å². The Morgan fingerprint density at radius 3 is 2.74 bits per heavy atom. The van der Waals surface area contributed by atoms with E-state index < -0.39 is 5.92 Å². The Kier molecular flexibility index (Phi) is 5.79. The molecule has 1 fully saturated rings. The lowest BCUT2D eigenvalue weighted by atomic mass is 10.0. The van der Waals surface area contributed by atoms with E-state index in [9.17, 15) is 13.6 Å². The molecule has 0 atom stereocenters. The van der Waals surface area contributed by atoms with Crippen molar-refractivity contribution in [3.05, 3.63) is 71.9 Å². The number of hydrogen-bond acceptors (Lipinski definition) is 5. The summed E-state index contributed by atoms with van der Waals surface area (Å²) in [6.07, 6.45) is 4.94. The molecule has 0 radical (unpaired) electrons. The van der Waals surface area contributed by atoms with Crippen molar-refractivity contribution in [2.24, 2.45) is 0 Å². The van der Waals surface area contributed by atoms with Crippen molar-refractivity contribution in [2.45, 2.75) is 32.2 Å². The van der Waals surface area contributed by atoms with Gasteiger partial charge in [0.1, 0.15) is 0 Å². The number of fused-ring (bicyclic) bond motifs is 1. The van der Waals surface area contributed by atoms with Crippen LogP contribution < -0.4 is 5.32 Å². The third-order valence-corrected chi connectivity index (χ3v) is 6.05. The summed E-state index contributed by atoms with van der Waals surface area (Å²) in [6, 6.07) is 11.3. The largest absolute Gasteiger partial charge is 0.320 e. The van der Waals surface area contributed by atoms with Gasteiger partial charge in [0.05, 0.1) is 5.52 Å². The molecule has 174 valence electrons. The molecule has 1 saturated heterocycles. The predicted molar refractivity (Wildman–Crippen MR) is 126 cm³/mol. The SMILES string of the molecule is Cc1cc(NC(=O)c2n[nH]c3ccc(-c4cncc(CN5CCC(F)(F)CC5)c4)cc23)ccn1. The number of hydrogen-bond donors (Lipinski definition) is 2. The number of nitrogens with one attached hydrogen (secondary N) is 2. The van der Waals surface area contributed by atoms with Crippen molar-refractivity contribution in [1.82, 2.24) is 25.1 Å². The normalized spacial score (nSPS) is 16.0. The Hall–Kier alpha value is -3.72. The Morgan fingerprint density at radius 2 is 1.94 bits per heavy atom. The second-order valence-corrected chi connectivity index (χ2v) is 8.69. The summed E-state index contributed by atoms with van der Waals surface area (Å²) in [5.41, 5.74) is 5.24. The number of carbonyl (C=O) groups excluding carboxylic acids is 1. The quantitative estimate of drug-likeness (QED) is 0.444. The second-order valence-electron chi connectivity index (χ2n) is 8.69. The molecular formula is C25H24F2N6O. The maximum atomic E-state index is 13.5. The summed E-state index contributed by atoms with van der Waals surface area (Å²) in [7, 11) is 0. The molecule has 34 heavy (non-hydrogen) atoms. The van der Waals surface area contributed by atoms with Crippen LogP contribution in [-0.4, -0.2) is 50.0 Å². The molecule has 1 aromatic carbocycles. The van der Waals surface area contributed by atoms with Crippen molar-refractivity contribution < 1.29 is 13.6 Å². The molecule has 1 aliphatic rings. The molecule has 0 unspecified atom stereocenters. The van der Waals surface area contributed by atoms with Crippen molar-refractivity contribution in [3.8, 4) is 11.1 Å². The van der Waals surface area contributed by atoms with Crippen LogP contribution in [0.5, 0.6) is 0 Å². The summed E-state index contributed by atoms with van der Waals surface area (Å²) >= 11 is 0. The van der Waals surface area contributed by atoms with E-state index in [1.54, 1.807) is 30.7 Å². The minimum atomic E-state index is -2.56. The number of piperidine rings is 1. The van der Waals surface area contributed by atoms with Gasteiger partial charge < -0.3 is 5.32 Å². The lowest BCUT2D eigenvalue weighted by Crippen LogP contribution is -2.38. The molecule has 9 heteroatoms. The number of likely N-dealkylation sites (tertiary alicyclic amines) is 1. The zero-order chi connectivity index (χ0) is 23.7. The van der Waals surface area contributed by atoms with E-state index in [0.29, 0.717) is 36.4 Å². The highest BCUT2D eigenvalue weighted by molar-refractivity contribution is 6.11. The molecule has 1 aliphatic heterocycles. The van der Waals surface area contributed by atoms with Crippen molar-refractivity contribution in [1.29, 1.82) is 0 Å². The highest BCUT2D eigenvalue weighted by Gasteiger charge is 2.33. The Morgan fingerprint density at radius 1 is 1.12 bits per heavy atom. The number of amides is 1. The third-order valence-electron chi connectivity index (χ3n) is 6.05. The number of H-pyrrole nitrogens is 1. The van der Waals surface area contributed by atoms with Gasteiger partial charge in [0.25, 0.3) is 11.8 Å². The van der Waals surface area contributed by atoms with Crippen LogP contribution in [0.2, 0.25) is 0 Å². The van der Waals surface area contributed by atoms with E-state index in [1.165, 1.54) is 0 Å². The third kappa shape index (κ3) is 4.79. The summed E-state index contributed by atoms with van der Waals surface area (Å²) in [4.78, 5) is 23.4. The van der Waals surface area contributed by atoms with Crippen LogP contribution in [0.25, 0.3) is 22.0 Å². The molecule has 0 aliphatic carbocycles. The monoisotopic (exact) mass is 462 g/mol. The number of anilines is 1. The first-order valence-corrected chi connectivity index (χ1v) is 11.1. The lowest BCUT2D eigenvalue weighted by molar-refractivity contribution is -0.0566. The minimum absolute atomic E-state index is 0.110. The van der Waals surface area contributed by atoms with Crippen molar-refractivity contribution in [2.75, 3.05) is 18.4 Å². The number of rotatable bonds is 5. The zero-order valence-electron chi connectivity index (χ0n) is 18.7. The fraction of sp³-hybridized carbons (Fsp3) is 0.280. The molecule has 4 aromatic rings. The fourth-order valence-corrected chi connectivity index (χ4v) is 4.21. The number of aromatic amines is 1. The molecule has 0 bridgehead atoms.